The zero-order valence-electron chi connectivity index (χ0n) is 13.5. The predicted molar refractivity (Wildman–Crippen MR) is 90.4 cm³/mol. The highest BCUT2D eigenvalue weighted by Crippen LogP contribution is 2.21. The second-order valence-electron chi connectivity index (χ2n) is 5.32. The number of nitro benzene ring substituents is 1. The van der Waals surface area contributed by atoms with Crippen LogP contribution in [0.1, 0.15) is 31.8 Å². The summed E-state index contributed by atoms with van der Waals surface area (Å²) in [6.45, 7) is 3.39. The number of carbonyl (C=O) groups excluding carboxylic acids is 2. The van der Waals surface area contributed by atoms with Gasteiger partial charge in [-0.3, -0.25) is 19.7 Å². The molecular formula is C17H17N3O4. The lowest BCUT2D eigenvalue weighted by Gasteiger charge is -2.11. The largest absolute Gasteiger partial charge is 0.355 e. The molecule has 7 nitrogen and oxygen atoms in total. The first-order valence-corrected chi connectivity index (χ1v) is 7.22. The Kier molecular flexibility index (Phi) is 4.93. The van der Waals surface area contributed by atoms with Crippen molar-refractivity contribution in [2.45, 2.75) is 13.8 Å². The van der Waals surface area contributed by atoms with Crippen LogP contribution in [0.2, 0.25) is 0 Å². The van der Waals surface area contributed by atoms with Gasteiger partial charge in [-0.05, 0) is 43.7 Å². The van der Waals surface area contributed by atoms with Crippen LogP contribution >= 0.6 is 0 Å². The van der Waals surface area contributed by atoms with E-state index in [1.165, 1.54) is 25.2 Å². The van der Waals surface area contributed by atoms with Crippen LogP contribution in [0.5, 0.6) is 0 Å². The Bertz CT molecular complexity index is 831. The fraction of sp³-hybridized carbons (Fsp3) is 0.176. The van der Waals surface area contributed by atoms with Crippen LogP contribution in [0.4, 0.5) is 11.4 Å². The first kappa shape index (κ1) is 17.1. The van der Waals surface area contributed by atoms with Gasteiger partial charge < -0.3 is 10.6 Å². The molecule has 2 rings (SSSR count). The summed E-state index contributed by atoms with van der Waals surface area (Å²) in [7, 11) is 1.53. The van der Waals surface area contributed by atoms with E-state index in [0.29, 0.717) is 22.4 Å². The minimum atomic E-state index is -0.492. The number of hydrogen-bond acceptors (Lipinski definition) is 4. The van der Waals surface area contributed by atoms with E-state index in [-0.39, 0.29) is 11.6 Å². The van der Waals surface area contributed by atoms with Crippen LogP contribution in [-0.4, -0.2) is 23.8 Å². The van der Waals surface area contributed by atoms with Crippen LogP contribution in [-0.2, 0) is 0 Å². The average molecular weight is 327 g/mol. The molecule has 2 N–H and O–H groups in total. The van der Waals surface area contributed by atoms with Crippen molar-refractivity contribution in [2.75, 3.05) is 12.4 Å². The number of carbonyl (C=O) groups is 2. The molecule has 0 unspecified atom stereocenters. The molecule has 0 radical (unpaired) electrons. The molecule has 7 heteroatoms. The van der Waals surface area contributed by atoms with E-state index in [9.17, 15) is 19.7 Å². The van der Waals surface area contributed by atoms with Crippen LogP contribution in [0.3, 0.4) is 0 Å². The summed E-state index contributed by atoms with van der Waals surface area (Å²) in [6.07, 6.45) is 0. The van der Waals surface area contributed by atoms with Crippen molar-refractivity contribution in [2.24, 2.45) is 0 Å². The Labute approximate surface area is 138 Å². The van der Waals surface area contributed by atoms with E-state index in [0.717, 1.165) is 5.56 Å². The monoisotopic (exact) mass is 327 g/mol. The Morgan fingerprint density at radius 2 is 1.58 bits per heavy atom. The van der Waals surface area contributed by atoms with Crippen molar-refractivity contribution in [3.05, 3.63) is 68.8 Å². The van der Waals surface area contributed by atoms with Gasteiger partial charge in [-0.15, -0.1) is 0 Å². The van der Waals surface area contributed by atoms with E-state index in [2.05, 4.69) is 10.6 Å². The molecule has 0 saturated heterocycles. The number of benzene rings is 2. The molecule has 0 aliphatic heterocycles. The highest BCUT2D eigenvalue weighted by atomic mass is 16.6. The van der Waals surface area contributed by atoms with Crippen molar-refractivity contribution in [1.82, 2.24) is 5.32 Å². The fourth-order valence-electron chi connectivity index (χ4n) is 2.24. The number of aryl methyl sites for hydroxylation is 2. The Balaban J connectivity index is 2.28. The summed E-state index contributed by atoms with van der Waals surface area (Å²) in [5, 5.41) is 16.1. The van der Waals surface area contributed by atoms with E-state index in [1.807, 2.05) is 6.92 Å². The molecule has 2 aromatic rings. The quantitative estimate of drug-likeness (QED) is 0.666. The molecule has 0 atom stereocenters. The normalized spacial score (nSPS) is 10.1. The van der Waals surface area contributed by atoms with Crippen molar-refractivity contribution < 1.29 is 14.5 Å². The maximum Gasteiger partial charge on any atom is 0.272 e. The van der Waals surface area contributed by atoms with Crippen LogP contribution in [0, 0.1) is 24.0 Å². The molecular weight excluding hydrogens is 310 g/mol. The Morgan fingerprint density at radius 1 is 0.958 bits per heavy atom. The molecule has 0 bridgehead atoms. The smallest absolute Gasteiger partial charge is 0.272 e. The summed E-state index contributed by atoms with van der Waals surface area (Å²) >= 11 is 0. The fourth-order valence-corrected chi connectivity index (χ4v) is 2.24. The highest BCUT2D eigenvalue weighted by molar-refractivity contribution is 6.05. The van der Waals surface area contributed by atoms with Gasteiger partial charge in [0.05, 0.1) is 4.92 Å². The molecule has 0 aromatic heterocycles. The first-order valence-electron chi connectivity index (χ1n) is 7.22. The molecule has 0 fully saturated rings. The molecule has 2 aromatic carbocycles. The van der Waals surface area contributed by atoms with Crippen LogP contribution in [0.25, 0.3) is 0 Å². The van der Waals surface area contributed by atoms with E-state index in [1.54, 1.807) is 25.1 Å². The van der Waals surface area contributed by atoms with Gasteiger partial charge in [-0.2, -0.15) is 0 Å². The summed E-state index contributed by atoms with van der Waals surface area (Å²) in [5.74, 6) is -0.651. The van der Waals surface area contributed by atoms with Crippen molar-refractivity contribution >= 4 is 23.2 Å². The van der Waals surface area contributed by atoms with Gasteiger partial charge in [0.15, 0.2) is 0 Å². The lowest BCUT2D eigenvalue weighted by atomic mass is 10.1. The molecule has 0 aliphatic carbocycles. The van der Waals surface area contributed by atoms with Gasteiger partial charge in [-0.1, -0.05) is 6.07 Å². The third kappa shape index (κ3) is 3.57. The summed E-state index contributed by atoms with van der Waals surface area (Å²) in [4.78, 5) is 34.4. The zero-order valence-corrected chi connectivity index (χ0v) is 13.5. The summed E-state index contributed by atoms with van der Waals surface area (Å²) in [6, 6.07) is 9.16. The van der Waals surface area contributed by atoms with Crippen molar-refractivity contribution in [3.63, 3.8) is 0 Å². The number of nitrogens with zero attached hydrogens (tertiary/aromatic N) is 1. The predicted octanol–water partition coefficient (Wildman–Crippen LogP) is 2.82. The SMILES string of the molecule is CNC(=O)c1ccc(C)c(NC(=O)c2ccc([N+](=O)[O-])c(C)c2)c1. The van der Waals surface area contributed by atoms with Gasteiger partial charge in [-0.25, -0.2) is 0 Å². The lowest BCUT2D eigenvalue weighted by Crippen LogP contribution is -2.19. The molecule has 0 heterocycles. The molecule has 24 heavy (non-hydrogen) atoms. The highest BCUT2D eigenvalue weighted by Gasteiger charge is 2.15. The van der Waals surface area contributed by atoms with Crippen LogP contribution < -0.4 is 10.6 Å². The summed E-state index contributed by atoms with van der Waals surface area (Å²) < 4.78 is 0. The van der Waals surface area contributed by atoms with Gasteiger partial charge >= 0.3 is 0 Å². The number of nitrogens with one attached hydrogen (secondary N) is 2. The van der Waals surface area contributed by atoms with E-state index < -0.39 is 10.8 Å². The van der Waals surface area contributed by atoms with Crippen molar-refractivity contribution in [3.8, 4) is 0 Å². The maximum atomic E-state index is 12.4. The van der Waals surface area contributed by atoms with Gasteiger partial charge in [0.25, 0.3) is 17.5 Å². The summed E-state index contributed by atoms with van der Waals surface area (Å²) in [5.41, 5.74) is 2.42. The Hall–Kier alpha value is -3.22. The van der Waals surface area contributed by atoms with Crippen LogP contribution in [0.15, 0.2) is 36.4 Å². The number of nitro groups is 1. The van der Waals surface area contributed by atoms with Gasteiger partial charge in [0, 0.05) is 35.5 Å². The second kappa shape index (κ2) is 6.91. The van der Waals surface area contributed by atoms with Gasteiger partial charge in [0.2, 0.25) is 0 Å². The number of amides is 2. The first-order chi connectivity index (χ1) is 11.3. The Morgan fingerprint density at radius 3 is 2.17 bits per heavy atom. The number of anilines is 1. The molecule has 0 spiro atoms. The van der Waals surface area contributed by atoms with Gasteiger partial charge in [0.1, 0.15) is 0 Å². The average Bonchev–Trinajstić information content (AvgIpc) is 2.55. The second-order valence-corrected chi connectivity index (χ2v) is 5.32. The molecule has 0 aliphatic rings. The minimum absolute atomic E-state index is 0.0376. The third-order valence-corrected chi connectivity index (χ3v) is 3.63. The molecule has 124 valence electrons. The topological polar surface area (TPSA) is 101 Å². The zero-order chi connectivity index (χ0) is 17.9. The maximum absolute atomic E-state index is 12.4. The van der Waals surface area contributed by atoms with E-state index in [4.69, 9.17) is 0 Å². The lowest BCUT2D eigenvalue weighted by molar-refractivity contribution is -0.385. The molecule has 0 saturated carbocycles. The molecule has 2 amide bonds. The number of hydrogen-bond donors (Lipinski definition) is 2. The minimum Gasteiger partial charge on any atom is -0.355 e. The third-order valence-electron chi connectivity index (χ3n) is 3.63. The van der Waals surface area contributed by atoms with E-state index >= 15 is 0 Å². The standard InChI is InChI=1S/C17H17N3O4/c1-10-4-5-13(16(21)18-3)9-14(10)19-17(22)12-6-7-15(20(23)24)11(2)8-12/h4-9H,1-3H3,(H,18,21)(H,19,22). The van der Waals surface area contributed by atoms with Crippen molar-refractivity contribution in [1.29, 1.82) is 0 Å². The number of rotatable bonds is 4.